The standard InChI is InChI=1S/C25H27N3O3S/c1-30-21-14-17-8-12-28(24(23-6-5-13-32-23)19(17)16-22(21)31-2)25(29)20-15-18(7-9-26-20)27-10-3-4-11-27/h5-7,9,13-16,24H,3-4,8,10-12H2,1-2H3. The first-order chi connectivity index (χ1) is 15.7. The maximum Gasteiger partial charge on any atom is 0.273 e. The predicted octanol–water partition coefficient (Wildman–Crippen LogP) is 4.55. The average Bonchev–Trinajstić information content (AvgIpc) is 3.56. The average molecular weight is 450 g/mol. The third kappa shape index (κ3) is 3.71. The van der Waals surface area contributed by atoms with E-state index in [0.717, 1.165) is 41.4 Å². The Bertz CT molecular complexity index is 1110. The van der Waals surface area contributed by atoms with Crippen LogP contribution in [0, 0.1) is 0 Å². The molecule has 5 rings (SSSR count). The Hall–Kier alpha value is -3.06. The van der Waals surface area contributed by atoms with Crippen LogP contribution in [0.5, 0.6) is 11.5 Å². The van der Waals surface area contributed by atoms with Crippen LogP contribution in [-0.2, 0) is 6.42 Å². The second-order valence-electron chi connectivity index (χ2n) is 8.17. The summed E-state index contributed by atoms with van der Waals surface area (Å²) in [7, 11) is 3.29. The highest BCUT2D eigenvalue weighted by Gasteiger charge is 2.35. The number of hydrogen-bond acceptors (Lipinski definition) is 6. The van der Waals surface area contributed by atoms with Gasteiger partial charge in [-0.1, -0.05) is 6.07 Å². The summed E-state index contributed by atoms with van der Waals surface area (Å²) in [4.78, 5) is 23.6. The van der Waals surface area contributed by atoms with Crippen LogP contribution in [0.15, 0.2) is 48.0 Å². The minimum atomic E-state index is -0.178. The van der Waals surface area contributed by atoms with Gasteiger partial charge in [-0.15, -0.1) is 11.3 Å². The molecular formula is C25H27N3O3S. The normalized spacial score (nSPS) is 17.9. The monoisotopic (exact) mass is 449 g/mol. The van der Waals surface area contributed by atoms with E-state index in [2.05, 4.69) is 21.3 Å². The molecule has 2 aromatic heterocycles. The molecule has 0 aliphatic carbocycles. The minimum absolute atomic E-state index is 0.0371. The highest BCUT2D eigenvalue weighted by molar-refractivity contribution is 7.10. The second kappa shape index (κ2) is 8.82. The summed E-state index contributed by atoms with van der Waals surface area (Å²) >= 11 is 1.66. The number of thiophene rings is 1. The number of fused-ring (bicyclic) bond motifs is 1. The van der Waals surface area contributed by atoms with E-state index in [0.29, 0.717) is 18.0 Å². The summed E-state index contributed by atoms with van der Waals surface area (Å²) in [6.45, 7) is 2.70. The Morgan fingerprint density at radius 1 is 1.06 bits per heavy atom. The van der Waals surface area contributed by atoms with Crippen LogP contribution in [0.1, 0.15) is 45.4 Å². The van der Waals surface area contributed by atoms with Crippen molar-refractivity contribution in [3.05, 3.63) is 69.7 Å². The van der Waals surface area contributed by atoms with E-state index >= 15 is 0 Å². The lowest BCUT2D eigenvalue weighted by molar-refractivity contribution is 0.0691. The summed E-state index contributed by atoms with van der Waals surface area (Å²) in [5, 5.41) is 2.05. The van der Waals surface area contributed by atoms with Gasteiger partial charge in [0, 0.05) is 36.4 Å². The number of nitrogens with zero attached hydrogens (tertiary/aromatic N) is 3. The number of anilines is 1. The van der Waals surface area contributed by atoms with Crippen LogP contribution in [0.25, 0.3) is 0 Å². The van der Waals surface area contributed by atoms with Crippen molar-refractivity contribution in [2.24, 2.45) is 0 Å². The van der Waals surface area contributed by atoms with Gasteiger partial charge < -0.3 is 19.3 Å². The lowest BCUT2D eigenvalue weighted by Crippen LogP contribution is -2.40. The quantitative estimate of drug-likeness (QED) is 0.572. The molecule has 1 aromatic carbocycles. The van der Waals surface area contributed by atoms with Crippen LogP contribution >= 0.6 is 11.3 Å². The van der Waals surface area contributed by atoms with Crippen molar-refractivity contribution in [2.45, 2.75) is 25.3 Å². The highest BCUT2D eigenvalue weighted by Crippen LogP contribution is 2.42. The van der Waals surface area contributed by atoms with E-state index in [1.165, 1.54) is 18.4 Å². The van der Waals surface area contributed by atoms with Crippen molar-refractivity contribution in [3.63, 3.8) is 0 Å². The van der Waals surface area contributed by atoms with Gasteiger partial charge >= 0.3 is 0 Å². The van der Waals surface area contributed by atoms with Crippen molar-refractivity contribution in [2.75, 3.05) is 38.8 Å². The van der Waals surface area contributed by atoms with Crippen molar-refractivity contribution < 1.29 is 14.3 Å². The molecule has 0 radical (unpaired) electrons. The number of rotatable bonds is 5. The Balaban J connectivity index is 1.54. The van der Waals surface area contributed by atoms with E-state index in [-0.39, 0.29) is 11.9 Å². The number of methoxy groups -OCH3 is 2. The minimum Gasteiger partial charge on any atom is -0.493 e. The molecule has 32 heavy (non-hydrogen) atoms. The highest BCUT2D eigenvalue weighted by atomic mass is 32.1. The molecule has 0 saturated carbocycles. The van der Waals surface area contributed by atoms with Crippen LogP contribution in [0.3, 0.4) is 0 Å². The van der Waals surface area contributed by atoms with Crippen molar-refractivity contribution in [1.29, 1.82) is 0 Å². The van der Waals surface area contributed by atoms with E-state index < -0.39 is 0 Å². The van der Waals surface area contributed by atoms with Crippen LogP contribution in [0.2, 0.25) is 0 Å². The van der Waals surface area contributed by atoms with Crippen LogP contribution in [-0.4, -0.2) is 49.6 Å². The zero-order valence-corrected chi connectivity index (χ0v) is 19.2. The van der Waals surface area contributed by atoms with Gasteiger partial charge in [-0.25, -0.2) is 0 Å². The molecule has 7 heteroatoms. The summed E-state index contributed by atoms with van der Waals surface area (Å²) in [5.41, 5.74) is 3.85. The summed E-state index contributed by atoms with van der Waals surface area (Å²) in [5.74, 6) is 1.36. The number of aromatic nitrogens is 1. The van der Waals surface area contributed by atoms with Gasteiger partial charge in [-0.2, -0.15) is 0 Å². The van der Waals surface area contributed by atoms with E-state index in [1.54, 1.807) is 31.8 Å². The Morgan fingerprint density at radius 2 is 1.84 bits per heavy atom. The van der Waals surface area contributed by atoms with Crippen molar-refractivity contribution >= 4 is 22.9 Å². The summed E-state index contributed by atoms with van der Waals surface area (Å²) < 4.78 is 11.1. The topological polar surface area (TPSA) is 54.9 Å². The lowest BCUT2D eigenvalue weighted by Gasteiger charge is -2.37. The number of carbonyl (C=O) groups is 1. The fourth-order valence-corrected chi connectivity index (χ4v) is 5.63. The van der Waals surface area contributed by atoms with Crippen molar-refractivity contribution in [3.8, 4) is 11.5 Å². The fraction of sp³-hybridized carbons (Fsp3) is 0.360. The van der Waals surface area contributed by atoms with Crippen molar-refractivity contribution in [1.82, 2.24) is 9.88 Å². The number of carbonyl (C=O) groups excluding carboxylic acids is 1. The fourth-order valence-electron chi connectivity index (χ4n) is 4.77. The first kappa shape index (κ1) is 20.8. The Morgan fingerprint density at radius 3 is 2.56 bits per heavy atom. The van der Waals surface area contributed by atoms with Gasteiger partial charge in [0.15, 0.2) is 11.5 Å². The number of pyridine rings is 1. The number of hydrogen-bond donors (Lipinski definition) is 0. The molecule has 2 aliphatic rings. The Kier molecular flexibility index (Phi) is 5.74. The second-order valence-corrected chi connectivity index (χ2v) is 9.15. The Labute approximate surface area is 192 Å². The molecular weight excluding hydrogens is 422 g/mol. The van der Waals surface area contributed by atoms with Gasteiger partial charge in [0.1, 0.15) is 5.69 Å². The van der Waals surface area contributed by atoms with Gasteiger partial charge in [0.25, 0.3) is 5.91 Å². The molecule has 2 aliphatic heterocycles. The largest absolute Gasteiger partial charge is 0.493 e. The summed E-state index contributed by atoms with van der Waals surface area (Å²) in [6, 6.07) is 12.0. The molecule has 166 valence electrons. The first-order valence-corrected chi connectivity index (χ1v) is 11.9. The van der Waals surface area contributed by atoms with E-state index in [9.17, 15) is 4.79 Å². The molecule has 6 nitrogen and oxygen atoms in total. The molecule has 1 amide bonds. The van der Waals surface area contributed by atoms with Crippen LogP contribution in [0.4, 0.5) is 5.69 Å². The predicted molar refractivity (Wildman–Crippen MR) is 126 cm³/mol. The molecule has 1 fully saturated rings. The molecule has 1 saturated heterocycles. The molecule has 0 spiro atoms. The third-order valence-corrected chi connectivity index (χ3v) is 7.31. The molecule has 3 aromatic rings. The SMILES string of the molecule is COc1cc2c(cc1OC)C(c1cccs1)N(C(=O)c1cc(N3CCCC3)ccn1)CC2. The zero-order valence-electron chi connectivity index (χ0n) is 18.4. The van der Waals surface area contributed by atoms with Crippen LogP contribution < -0.4 is 14.4 Å². The number of benzene rings is 1. The lowest BCUT2D eigenvalue weighted by atomic mass is 9.90. The van der Waals surface area contributed by atoms with E-state index in [4.69, 9.17) is 9.47 Å². The summed E-state index contributed by atoms with van der Waals surface area (Å²) in [6.07, 6.45) is 4.91. The third-order valence-electron chi connectivity index (χ3n) is 6.38. The van der Waals surface area contributed by atoms with E-state index in [1.807, 2.05) is 35.2 Å². The van der Waals surface area contributed by atoms with Gasteiger partial charge in [0.2, 0.25) is 0 Å². The molecule has 4 heterocycles. The maximum absolute atomic E-state index is 13.8. The molecule has 0 N–H and O–H groups in total. The molecule has 1 atom stereocenters. The zero-order chi connectivity index (χ0) is 22.1. The van der Waals surface area contributed by atoms with Gasteiger partial charge in [-0.3, -0.25) is 9.78 Å². The smallest absolute Gasteiger partial charge is 0.273 e. The molecule has 0 bridgehead atoms. The van der Waals surface area contributed by atoms with Gasteiger partial charge in [0.05, 0.1) is 20.3 Å². The molecule has 1 unspecified atom stereocenters. The maximum atomic E-state index is 13.8. The first-order valence-electron chi connectivity index (χ1n) is 11.0. The van der Waals surface area contributed by atoms with Gasteiger partial charge in [-0.05, 0) is 66.1 Å². The number of ether oxygens (including phenoxy) is 2. The number of amides is 1.